The topological polar surface area (TPSA) is 12.9 Å². The van der Waals surface area contributed by atoms with Crippen molar-refractivity contribution in [3.8, 4) is 0 Å². The van der Waals surface area contributed by atoms with Gasteiger partial charge in [-0.05, 0) is 11.5 Å². The van der Waals surface area contributed by atoms with Gasteiger partial charge in [-0.15, -0.1) is 0 Å². The number of hydrogen-bond acceptors (Lipinski definition) is 1. The largest absolute Gasteiger partial charge is 0.515 e. The van der Waals surface area contributed by atoms with Crippen LogP contribution in [0.25, 0.3) is 0 Å². The van der Waals surface area contributed by atoms with E-state index in [1.807, 2.05) is 0 Å². The summed E-state index contributed by atoms with van der Waals surface area (Å²) in [5, 5.41) is -0.845. The van der Waals surface area contributed by atoms with Gasteiger partial charge in [-0.1, -0.05) is 11.6 Å². The molecule has 0 fully saturated rings. The van der Waals surface area contributed by atoms with Crippen molar-refractivity contribution in [2.45, 2.75) is 0 Å². The molecule has 1 nitrogen and oxygen atoms in total. The maximum atomic E-state index is 12.5. The van der Waals surface area contributed by atoms with Gasteiger partial charge in [0.25, 0.3) is 0 Å². The smallest absolute Gasteiger partial charge is 0.445 e. The Balaban J connectivity index is 3.31. The summed E-state index contributed by atoms with van der Waals surface area (Å²) in [6.45, 7) is -5.42. The third-order valence-electron chi connectivity index (χ3n) is 1.22. The van der Waals surface area contributed by atoms with E-state index in [-0.39, 0.29) is 0 Å². The molecule has 0 aliphatic heterocycles. The van der Waals surface area contributed by atoms with Crippen molar-refractivity contribution in [3.05, 3.63) is 23.2 Å². The lowest BCUT2D eigenvalue weighted by atomic mass is 9.81. The zero-order valence-electron chi connectivity index (χ0n) is 5.57. The van der Waals surface area contributed by atoms with Crippen LogP contribution in [-0.4, -0.2) is 12.0 Å². The number of pyridine rings is 1. The third-order valence-corrected chi connectivity index (χ3v) is 1.52. The molecule has 12 heavy (non-hydrogen) atoms. The third kappa shape index (κ3) is 1.69. The number of nitrogens with zero attached hydrogens (tertiary/aromatic N) is 1. The minimum absolute atomic E-state index is 0.621. The molecule has 0 amide bonds. The Labute approximate surface area is 70.4 Å². The average Bonchev–Trinajstić information content (AvgIpc) is 1.82. The molecule has 0 radical (unpaired) electrons. The summed E-state index contributed by atoms with van der Waals surface area (Å²) >= 11 is 5.06. The molecule has 0 aliphatic rings. The number of aromatic nitrogens is 1. The Hall–Kier alpha value is -0.775. The fourth-order valence-corrected chi connectivity index (χ4v) is 0.988. The highest BCUT2D eigenvalue weighted by Gasteiger charge is 2.31. The van der Waals surface area contributed by atoms with E-state index < -0.39 is 23.4 Å². The first-order valence-electron chi connectivity index (χ1n) is 2.93. The summed E-state index contributed by atoms with van der Waals surface area (Å²) in [6.07, 6.45) is 0.878. The lowest BCUT2D eigenvalue weighted by molar-refractivity contribution is 0.493. The second kappa shape index (κ2) is 2.93. The van der Waals surface area contributed by atoms with Gasteiger partial charge in [0.05, 0.1) is 0 Å². The van der Waals surface area contributed by atoms with Gasteiger partial charge in [0.1, 0.15) is 11.0 Å². The van der Waals surface area contributed by atoms with Crippen LogP contribution in [0.5, 0.6) is 0 Å². The lowest BCUT2D eigenvalue weighted by Gasteiger charge is -2.15. The number of hydrogen-bond donors (Lipinski definition) is 0. The molecule has 66 valence electrons. The molecule has 0 aromatic carbocycles. The Kier molecular flexibility index (Phi) is 2.28. The van der Waals surface area contributed by atoms with Crippen molar-refractivity contribution in [2.75, 3.05) is 0 Å². The van der Waals surface area contributed by atoms with Crippen molar-refractivity contribution in [1.29, 1.82) is 0 Å². The zero-order chi connectivity index (χ0) is 9.35. The Morgan fingerprint density at radius 2 is 1.92 bits per heavy atom. The van der Waals surface area contributed by atoms with Crippen molar-refractivity contribution in [1.82, 2.24) is 4.98 Å². The fourth-order valence-electron chi connectivity index (χ4n) is 0.717. The summed E-state index contributed by atoms with van der Waals surface area (Å²) < 4.78 is 48.5. The molecule has 7 heteroatoms. The van der Waals surface area contributed by atoms with Gasteiger partial charge in [0.15, 0.2) is 0 Å². The fraction of sp³-hybridized carbons (Fsp3) is 0. The van der Waals surface area contributed by atoms with Gasteiger partial charge in [-0.25, -0.2) is 9.37 Å². The minimum atomic E-state index is -5.42. The summed E-state index contributed by atoms with van der Waals surface area (Å²) in [5.74, 6) is -1.39. The second-order valence-corrected chi connectivity index (χ2v) is 2.43. The molecule has 0 saturated carbocycles. The Bertz CT molecular complexity index is 280. The molecular formula is C5H2BClF4N-. The molecule has 0 bridgehead atoms. The summed E-state index contributed by atoms with van der Waals surface area (Å²) in [4.78, 5) is 3.13. The molecule has 0 unspecified atom stereocenters. The highest BCUT2D eigenvalue weighted by atomic mass is 35.5. The molecular weight excluding hydrogens is 196 g/mol. The van der Waals surface area contributed by atoms with Crippen LogP contribution >= 0.6 is 11.6 Å². The zero-order valence-corrected chi connectivity index (χ0v) is 6.33. The van der Waals surface area contributed by atoms with E-state index in [9.17, 15) is 17.3 Å². The van der Waals surface area contributed by atoms with Crippen LogP contribution in [0.1, 0.15) is 0 Å². The predicted molar refractivity (Wildman–Crippen MR) is 37.9 cm³/mol. The van der Waals surface area contributed by atoms with Crippen LogP contribution in [0.2, 0.25) is 5.15 Å². The summed E-state index contributed by atoms with van der Waals surface area (Å²) in [7, 11) is 0. The molecule has 0 spiro atoms. The van der Waals surface area contributed by atoms with Crippen molar-refractivity contribution < 1.29 is 17.3 Å². The van der Waals surface area contributed by atoms with E-state index in [4.69, 9.17) is 11.6 Å². The average molecular weight is 198 g/mol. The Morgan fingerprint density at radius 3 is 2.25 bits per heavy atom. The van der Waals surface area contributed by atoms with Gasteiger partial charge < -0.3 is 12.9 Å². The monoisotopic (exact) mass is 198 g/mol. The SMILES string of the molecule is Fc1ccnc(Cl)c1[B-](F)(F)F. The van der Waals surface area contributed by atoms with Crippen molar-refractivity contribution >= 4 is 24.0 Å². The van der Waals surface area contributed by atoms with Crippen LogP contribution < -0.4 is 5.46 Å². The van der Waals surface area contributed by atoms with Crippen LogP contribution in [0.3, 0.4) is 0 Å². The first kappa shape index (κ1) is 9.31. The standard InChI is InChI=1S/C5H2BClF4N/c7-5-4(6(9,10)11)3(8)1-2-12-5/h1-2H/q-1. The molecule has 1 aromatic heterocycles. The van der Waals surface area contributed by atoms with Crippen LogP contribution in [0.4, 0.5) is 17.3 Å². The molecule has 0 saturated heterocycles. The van der Waals surface area contributed by atoms with Crippen LogP contribution in [0.15, 0.2) is 12.3 Å². The van der Waals surface area contributed by atoms with E-state index in [2.05, 4.69) is 4.98 Å². The maximum Gasteiger partial charge on any atom is 0.515 e. The van der Waals surface area contributed by atoms with E-state index in [0.29, 0.717) is 6.07 Å². The highest BCUT2D eigenvalue weighted by Crippen LogP contribution is 2.15. The molecule has 0 aliphatic carbocycles. The van der Waals surface area contributed by atoms with Crippen molar-refractivity contribution in [2.24, 2.45) is 0 Å². The number of rotatable bonds is 1. The van der Waals surface area contributed by atoms with Gasteiger partial charge in [-0.3, -0.25) is 0 Å². The minimum Gasteiger partial charge on any atom is -0.445 e. The first-order chi connectivity index (χ1) is 5.43. The Morgan fingerprint density at radius 1 is 1.33 bits per heavy atom. The van der Waals surface area contributed by atoms with Gasteiger partial charge >= 0.3 is 6.98 Å². The predicted octanol–water partition coefficient (Wildman–Crippen LogP) is 1.93. The molecule has 1 heterocycles. The van der Waals surface area contributed by atoms with Gasteiger partial charge in [0, 0.05) is 6.20 Å². The van der Waals surface area contributed by atoms with E-state index in [1.165, 1.54) is 0 Å². The quantitative estimate of drug-likeness (QED) is 0.382. The maximum absolute atomic E-state index is 12.5. The lowest BCUT2D eigenvalue weighted by Crippen LogP contribution is -2.38. The molecule has 0 atom stereocenters. The molecule has 1 aromatic rings. The first-order valence-corrected chi connectivity index (χ1v) is 3.30. The highest BCUT2D eigenvalue weighted by molar-refractivity contribution is 6.75. The second-order valence-electron chi connectivity index (χ2n) is 2.07. The normalized spacial score (nSPS) is 11.8. The molecule has 0 N–H and O–H groups in total. The van der Waals surface area contributed by atoms with Crippen molar-refractivity contribution in [3.63, 3.8) is 0 Å². The summed E-state index contributed by atoms with van der Waals surface area (Å²) in [6, 6.07) is 0.621. The summed E-state index contributed by atoms with van der Waals surface area (Å²) in [5.41, 5.74) is -1.46. The van der Waals surface area contributed by atoms with Crippen LogP contribution in [-0.2, 0) is 0 Å². The number of halogens is 5. The van der Waals surface area contributed by atoms with E-state index in [1.54, 1.807) is 0 Å². The van der Waals surface area contributed by atoms with Gasteiger partial charge in [-0.2, -0.15) is 0 Å². The van der Waals surface area contributed by atoms with E-state index >= 15 is 0 Å². The molecule has 1 rings (SSSR count). The van der Waals surface area contributed by atoms with E-state index in [0.717, 1.165) is 6.20 Å². The van der Waals surface area contributed by atoms with Gasteiger partial charge in [0.2, 0.25) is 0 Å². The van der Waals surface area contributed by atoms with Crippen LogP contribution in [0, 0.1) is 5.82 Å².